The van der Waals surface area contributed by atoms with E-state index in [4.69, 9.17) is 21.1 Å². The van der Waals surface area contributed by atoms with Crippen LogP contribution in [0.1, 0.15) is 0 Å². The van der Waals surface area contributed by atoms with Crippen LogP contribution in [0.3, 0.4) is 0 Å². The average Bonchev–Trinajstić information content (AvgIpc) is 3.08. The minimum absolute atomic E-state index is 0.145. The normalized spacial score (nSPS) is 11.0. The van der Waals surface area contributed by atoms with Crippen molar-refractivity contribution in [2.75, 3.05) is 19.5 Å². The molecule has 0 fully saturated rings. The van der Waals surface area contributed by atoms with Gasteiger partial charge in [0, 0.05) is 22.5 Å². The molecule has 0 aliphatic carbocycles. The number of fused-ring (bicyclic) bond motifs is 2. The number of aromatic amines is 1. The summed E-state index contributed by atoms with van der Waals surface area (Å²) in [7, 11) is 3.16. The van der Waals surface area contributed by atoms with Gasteiger partial charge in [-0.25, -0.2) is 4.98 Å². The van der Waals surface area contributed by atoms with E-state index >= 15 is 0 Å². The Balaban J connectivity index is 1.84. The van der Waals surface area contributed by atoms with Gasteiger partial charge in [0.25, 0.3) is 0 Å². The number of ether oxygens (including phenoxy) is 2. The fourth-order valence-corrected chi connectivity index (χ4v) is 2.86. The Kier molecular flexibility index (Phi) is 3.77. The lowest BCUT2D eigenvalue weighted by molar-refractivity contribution is 0.356. The van der Waals surface area contributed by atoms with Gasteiger partial charge < -0.3 is 14.8 Å². The molecule has 126 valence electrons. The van der Waals surface area contributed by atoms with Crippen molar-refractivity contribution in [1.82, 2.24) is 20.2 Å². The molecular weight excluding hydrogens is 342 g/mol. The van der Waals surface area contributed by atoms with E-state index < -0.39 is 0 Å². The predicted octanol–water partition coefficient (Wildman–Crippen LogP) is 3.92. The summed E-state index contributed by atoms with van der Waals surface area (Å²) in [4.78, 5) is 8.59. The van der Waals surface area contributed by atoms with E-state index in [0.29, 0.717) is 22.8 Å². The number of hydrogen-bond donors (Lipinski definition) is 2. The van der Waals surface area contributed by atoms with Crippen LogP contribution in [0.4, 0.5) is 11.5 Å². The second-order valence-corrected chi connectivity index (χ2v) is 5.70. The molecule has 7 nitrogen and oxygen atoms in total. The van der Waals surface area contributed by atoms with Crippen LogP contribution >= 0.6 is 11.6 Å². The molecule has 0 radical (unpaired) electrons. The molecule has 0 bridgehead atoms. The molecule has 4 rings (SSSR count). The fraction of sp³-hybridized carbons (Fsp3) is 0.118. The van der Waals surface area contributed by atoms with Crippen molar-refractivity contribution in [1.29, 1.82) is 0 Å². The van der Waals surface area contributed by atoms with Crippen molar-refractivity contribution in [2.24, 2.45) is 0 Å². The van der Waals surface area contributed by atoms with Gasteiger partial charge in [-0.1, -0.05) is 0 Å². The number of halogens is 1. The first-order valence-corrected chi connectivity index (χ1v) is 7.85. The number of aromatic nitrogens is 4. The maximum Gasteiger partial charge on any atom is 0.224 e. The first-order chi connectivity index (χ1) is 12.2. The fourth-order valence-electron chi connectivity index (χ4n) is 2.68. The molecule has 8 heteroatoms. The van der Waals surface area contributed by atoms with E-state index in [-0.39, 0.29) is 5.28 Å². The summed E-state index contributed by atoms with van der Waals surface area (Å²) in [6.07, 6.45) is 1.76. The number of hydrogen-bond acceptors (Lipinski definition) is 6. The van der Waals surface area contributed by atoms with Crippen molar-refractivity contribution in [3.8, 4) is 11.5 Å². The van der Waals surface area contributed by atoms with Crippen molar-refractivity contribution in [3.63, 3.8) is 0 Å². The van der Waals surface area contributed by atoms with E-state index in [9.17, 15) is 0 Å². The van der Waals surface area contributed by atoms with E-state index in [2.05, 4.69) is 25.5 Å². The van der Waals surface area contributed by atoms with Crippen LogP contribution in [0.2, 0.25) is 5.28 Å². The third-order valence-corrected chi connectivity index (χ3v) is 4.05. The van der Waals surface area contributed by atoms with Gasteiger partial charge in [-0.15, -0.1) is 0 Å². The highest BCUT2D eigenvalue weighted by Gasteiger charge is 2.13. The Bertz CT molecular complexity index is 1080. The van der Waals surface area contributed by atoms with Crippen LogP contribution in [0.25, 0.3) is 21.8 Å². The van der Waals surface area contributed by atoms with E-state index in [1.54, 1.807) is 26.5 Å². The number of nitrogens with one attached hydrogen (secondary N) is 2. The zero-order valence-corrected chi connectivity index (χ0v) is 14.3. The van der Waals surface area contributed by atoms with Crippen LogP contribution in [-0.2, 0) is 0 Å². The molecule has 4 aromatic rings. The van der Waals surface area contributed by atoms with Gasteiger partial charge in [0.15, 0.2) is 11.5 Å². The second-order valence-electron chi connectivity index (χ2n) is 5.36. The second kappa shape index (κ2) is 6.10. The molecule has 0 aliphatic heterocycles. The first kappa shape index (κ1) is 15.5. The highest BCUT2D eigenvalue weighted by atomic mass is 35.5. The minimum Gasteiger partial charge on any atom is -0.493 e. The van der Waals surface area contributed by atoms with Gasteiger partial charge in [0.1, 0.15) is 5.82 Å². The molecule has 2 aromatic carbocycles. The lowest BCUT2D eigenvalue weighted by Crippen LogP contribution is -1.99. The number of rotatable bonds is 4. The summed E-state index contributed by atoms with van der Waals surface area (Å²) in [6.45, 7) is 0. The van der Waals surface area contributed by atoms with Gasteiger partial charge in [-0.05, 0) is 35.9 Å². The van der Waals surface area contributed by atoms with Gasteiger partial charge in [0.05, 0.1) is 31.4 Å². The lowest BCUT2D eigenvalue weighted by atomic mass is 10.2. The first-order valence-electron chi connectivity index (χ1n) is 7.47. The van der Waals surface area contributed by atoms with Gasteiger partial charge in [-0.3, -0.25) is 5.10 Å². The zero-order valence-electron chi connectivity index (χ0n) is 13.5. The van der Waals surface area contributed by atoms with E-state index in [1.807, 2.05) is 24.3 Å². The monoisotopic (exact) mass is 355 g/mol. The van der Waals surface area contributed by atoms with Crippen LogP contribution in [0, 0.1) is 0 Å². The molecule has 2 aromatic heterocycles. The Morgan fingerprint density at radius 3 is 2.64 bits per heavy atom. The summed E-state index contributed by atoms with van der Waals surface area (Å²) in [5, 5.41) is 12.1. The van der Waals surface area contributed by atoms with Crippen LogP contribution < -0.4 is 14.8 Å². The average molecular weight is 356 g/mol. The Labute approximate surface area is 147 Å². The molecule has 0 spiro atoms. The predicted molar refractivity (Wildman–Crippen MR) is 97.0 cm³/mol. The van der Waals surface area contributed by atoms with Crippen LogP contribution in [-0.4, -0.2) is 34.4 Å². The smallest absolute Gasteiger partial charge is 0.224 e. The quantitative estimate of drug-likeness (QED) is 0.540. The summed E-state index contributed by atoms with van der Waals surface area (Å²) in [6, 6.07) is 9.44. The molecule has 25 heavy (non-hydrogen) atoms. The molecule has 2 N–H and O–H groups in total. The number of H-pyrrole nitrogens is 1. The molecule has 0 aliphatic rings. The van der Waals surface area contributed by atoms with Crippen LogP contribution in [0.15, 0.2) is 36.5 Å². The number of anilines is 2. The zero-order chi connectivity index (χ0) is 17.4. The highest BCUT2D eigenvalue weighted by molar-refractivity contribution is 6.28. The van der Waals surface area contributed by atoms with Crippen LogP contribution in [0.5, 0.6) is 11.5 Å². The molecule has 0 amide bonds. The van der Waals surface area contributed by atoms with Crippen molar-refractivity contribution < 1.29 is 9.47 Å². The summed E-state index contributed by atoms with van der Waals surface area (Å²) in [5.41, 5.74) is 2.48. The summed E-state index contributed by atoms with van der Waals surface area (Å²) < 4.78 is 10.7. The Morgan fingerprint density at radius 2 is 1.84 bits per heavy atom. The largest absolute Gasteiger partial charge is 0.493 e. The van der Waals surface area contributed by atoms with Gasteiger partial charge >= 0.3 is 0 Å². The molecule has 0 unspecified atom stereocenters. The maximum atomic E-state index is 6.09. The Morgan fingerprint density at radius 1 is 1.04 bits per heavy atom. The third-order valence-electron chi connectivity index (χ3n) is 3.88. The molecule has 0 atom stereocenters. The molecule has 0 saturated heterocycles. The number of benzene rings is 2. The lowest BCUT2D eigenvalue weighted by Gasteiger charge is -2.12. The van der Waals surface area contributed by atoms with Gasteiger partial charge in [-0.2, -0.15) is 10.1 Å². The maximum absolute atomic E-state index is 6.09. The molecular formula is C17H14ClN5O2. The third kappa shape index (κ3) is 2.78. The van der Waals surface area contributed by atoms with E-state index in [0.717, 1.165) is 22.0 Å². The van der Waals surface area contributed by atoms with Gasteiger partial charge in [0.2, 0.25) is 5.28 Å². The molecule has 0 saturated carbocycles. The summed E-state index contributed by atoms with van der Waals surface area (Å²) in [5.74, 6) is 1.75. The SMILES string of the molecule is COc1cc2nc(Cl)nc(Nc3ccc4[nH]ncc4c3)c2cc1OC. The van der Waals surface area contributed by atoms with Crippen molar-refractivity contribution in [3.05, 3.63) is 41.8 Å². The summed E-state index contributed by atoms with van der Waals surface area (Å²) >= 11 is 6.09. The van der Waals surface area contributed by atoms with Crippen molar-refractivity contribution >= 4 is 44.9 Å². The topological polar surface area (TPSA) is 85.0 Å². The minimum atomic E-state index is 0.145. The Hall–Kier alpha value is -3.06. The van der Waals surface area contributed by atoms with E-state index in [1.165, 1.54) is 0 Å². The standard InChI is InChI=1S/C17H14ClN5O2/c1-24-14-6-11-13(7-15(14)25-2)21-17(18)22-16(11)20-10-3-4-12-9(5-10)8-19-23-12/h3-8H,1-2H3,(H,19,23)(H,20,21,22). The highest BCUT2D eigenvalue weighted by Crippen LogP contribution is 2.35. The van der Waals surface area contributed by atoms with Crippen molar-refractivity contribution in [2.45, 2.75) is 0 Å². The molecule has 2 heterocycles. The number of nitrogens with zero attached hydrogens (tertiary/aromatic N) is 3. The number of methoxy groups -OCH3 is 2.